The molecule has 0 aliphatic rings. The van der Waals surface area contributed by atoms with E-state index in [-0.39, 0.29) is 5.41 Å². The maximum absolute atomic E-state index is 9.69. The van der Waals surface area contributed by atoms with Gasteiger partial charge in [0, 0.05) is 11.6 Å². The lowest BCUT2D eigenvalue weighted by molar-refractivity contribution is 0.0624. The number of hydrogen-bond acceptors (Lipinski definition) is 3. The summed E-state index contributed by atoms with van der Waals surface area (Å²) in [5.41, 5.74) is -0.113. The summed E-state index contributed by atoms with van der Waals surface area (Å²) in [4.78, 5) is 4.05. The van der Waals surface area contributed by atoms with Gasteiger partial charge in [0.25, 0.3) is 0 Å². The van der Waals surface area contributed by atoms with Crippen LogP contribution in [0.3, 0.4) is 0 Å². The lowest BCUT2D eigenvalue weighted by Gasteiger charge is -2.23. The number of aliphatic hydroxyl groups is 1. The monoisotopic (exact) mass is 171 g/mol. The van der Waals surface area contributed by atoms with Gasteiger partial charge in [0.2, 0.25) is 0 Å². The summed E-state index contributed by atoms with van der Waals surface area (Å²) in [6.45, 7) is 6.00. The minimum atomic E-state index is -0.442. The molecule has 0 spiro atoms. The number of aliphatic hydroxyl groups excluding tert-OH is 1. The molecule has 11 heavy (non-hydrogen) atoms. The first kappa shape index (κ1) is 8.68. The number of aromatic nitrogens is 1. The van der Waals surface area contributed by atoms with E-state index in [1.54, 1.807) is 6.20 Å². The van der Waals surface area contributed by atoms with E-state index in [1.165, 1.54) is 11.3 Å². The van der Waals surface area contributed by atoms with Crippen molar-refractivity contribution in [2.24, 2.45) is 5.41 Å². The molecule has 1 unspecified atom stereocenters. The molecule has 1 heterocycles. The van der Waals surface area contributed by atoms with Crippen LogP contribution in [0.2, 0.25) is 0 Å². The Morgan fingerprint density at radius 1 is 1.55 bits per heavy atom. The van der Waals surface area contributed by atoms with E-state index in [1.807, 2.05) is 26.2 Å². The Labute approximate surface area is 70.9 Å². The lowest BCUT2D eigenvalue weighted by atomic mass is 9.90. The highest BCUT2D eigenvalue weighted by molar-refractivity contribution is 7.09. The van der Waals surface area contributed by atoms with Crippen LogP contribution in [0.25, 0.3) is 0 Å². The highest BCUT2D eigenvalue weighted by Gasteiger charge is 2.25. The first-order valence-corrected chi connectivity index (χ1v) is 4.47. The predicted octanol–water partition coefficient (Wildman–Crippen LogP) is 2.22. The van der Waals surface area contributed by atoms with Crippen LogP contribution in [-0.2, 0) is 0 Å². The van der Waals surface area contributed by atoms with Gasteiger partial charge < -0.3 is 5.11 Å². The summed E-state index contributed by atoms with van der Waals surface area (Å²) in [5, 5.41) is 12.4. The topological polar surface area (TPSA) is 33.1 Å². The van der Waals surface area contributed by atoms with Gasteiger partial charge in [-0.2, -0.15) is 0 Å². The van der Waals surface area contributed by atoms with Crippen molar-refractivity contribution in [3.8, 4) is 0 Å². The zero-order valence-electron chi connectivity index (χ0n) is 7.03. The minimum absolute atomic E-state index is 0.113. The normalized spacial score (nSPS) is 14.9. The molecule has 1 atom stereocenters. The molecule has 3 heteroatoms. The molecule has 0 aliphatic carbocycles. The van der Waals surface area contributed by atoms with Gasteiger partial charge in [-0.15, -0.1) is 11.3 Å². The van der Waals surface area contributed by atoms with Gasteiger partial charge in [-0.05, 0) is 5.41 Å². The van der Waals surface area contributed by atoms with Crippen LogP contribution in [0.1, 0.15) is 31.9 Å². The molecule has 0 aromatic carbocycles. The second kappa shape index (κ2) is 2.91. The van der Waals surface area contributed by atoms with Crippen molar-refractivity contribution in [1.29, 1.82) is 0 Å². The highest BCUT2D eigenvalue weighted by atomic mass is 32.1. The first-order valence-electron chi connectivity index (χ1n) is 3.59. The molecular weight excluding hydrogens is 158 g/mol. The third-order valence-electron chi connectivity index (χ3n) is 1.51. The maximum Gasteiger partial charge on any atom is 0.122 e. The summed E-state index contributed by atoms with van der Waals surface area (Å²) >= 11 is 1.50. The van der Waals surface area contributed by atoms with Gasteiger partial charge in [-0.3, -0.25) is 0 Å². The van der Waals surface area contributed by atoms with Crippen molar-refractivity contribution in [2.45, 2.75) is 26.9 Å². The van der Waals surface area contributed by atoms with E-state index in [4.69, 9.17) is 0 Å². The van der Waals surface area contributed by atoms with E-state index in [0.29, 0.717) is 0 Å². The molecule has 0 saturated heterocycles. The standard InChI is InChI=1S/C8H13NOS/c1-8(2,3)6(10)7-9-4-5-11-7/h4-6,10H,1-3H3. The molecule has 1 aromatic rings. The third-order valence-corrected chi connectivity index (χ3v) is 2.33. The summed E-state index contributed by atoms with van der Waals surface area (Å²) in [7, 11) is 0. The van der Waals surface area contributed by atoms with Gasteiger partial charge in [0.1, 0.15) is 11.1 Å². The van der Waals surface area contributed by atoms with E-state index >= 15 is 0 Å². The molecule has 0 fully saturated rings. The number of thiazole rings is 1. The van der Waals surface area contributed by atoms with Gasteiger partial charge in [-0.25, -0.2) is 4.98 Å². The summed E-state index contributed by atoms with van der Waals surface area (Å²) in [5.74, 6) is 0. The quantitative estimate of drug-likeness (QED) is 0.702. The van der Waals surface area contributed by atoms with Crippen LogP contribution in [0, 0.1) is 5.41 Å². The van der Waals surface area contributed by atoms with E-state index in [2.05, 4.69) is 4.98 Å². The number of nitrogens with zero attached hydrogens (tertiary/aromatic N) is 1. The molecule has 1 aromatic heterocycles. The minimum Gasteiger partial charge on any atom is -0.385 e. The smallest absolute Gasteiger partial charge is 0.122 e. The summed E-state index contributed by atoms with van der Waals surface area (Å²) in [6.07, 6.45) is 1.28. The Kier molecular flexibility index (Phi) is 2.30. The molecule has 0 amide bonds. The van der Waals surface area contributed by atoms with Crippen LogP contribution < -0.4 is 0 Å². The van der Waals surface area contributed by atoms with Crippen molar-refractivity contribution in [2.75, 3.05) is 0 Å². The maximum atomic E-state index is 9.69. The average Bonchev–Trinajstić information content (AvgIpc) is 2.34. The van der Waals surface area contributed by atoms with Gasteiger partial charge in [0.15, 0.2) is 0 Å². The molecule has 62 valence electrons. The van der Waals surface area contributed by atoms with Crippen LogP contribution in [0.5, 0.6) is 0 Å². The van der Waals surface area contributed by atoms with Crippen molar-refractivity contribution in [3.63, 3.8) is 0 Å². The average molecular weight is 171 g/mol. The fraction of sp³-hybridized carbons (Fsp3) is 0.625. The molecule has 0 aliphatic heterocycles. The van der Waals surface area contributed by atoms with Crippen molar-refractivity contribution >= 4 is 11.3 Å². The lowest BCUT2D eigenvalue weighted by Crippen LogP contribution is -2.17. The first-order chi connectivity index (χ1) is 5.02. The molecule has 0 bridgehead atoms. The Hall–Kier alpha value is -0.410. The van der Waals surface area contributed by atoms with Crippen molar-refractivity contribution < 1.29 is 5.11 Å². The summed E-state index contributed by atoms with van der Waals surface area (Å²) in [6, 6.07) is 0. The van der Waals surface area contributed by atoms with E-state index in [0.717, 1.165) is 5.01 Å². The van der Waals surface area contributed by atoms with Crippen molar-refractivity contribution in [3.05, 3.63) is 16.6 Å². The summed E-state index contributed by atoms with van der Waals surface area (Å²) < 4.78 is 0. The van der Waals surface area contributed by atoms with E-state index < -0.39 is 6.10 Å². The zero-order chi connectivity index (χ0) is 8.48. The second-order valence-electron chi connectivity index (χ2n) is 3.64. The van der Waals surface area contributed by atoms with E-state index in [9.17, 15) is 5.11 Å². The van der Waals surface area contributed by atoms with Crippen LogP contribution in [0.15, 0.2) is 11.6 Å². The number of hydrogen-bond donors (Lipinski definition) is 1. The second-order valence-corrected chi connectivity index (χ2v) is 4.57. The Morgan fingerprint density at radius 3 is 2.55 bits per heavy atom. The predicted molar refractivity (Wildman–Crippen MR) is 46.5 cm³/mol. The van der Waals surface area contributed by atoms with Gasteiger partial charge in [-0.1, -0.05) is 20.8 Å². The van der Waals surface area contributed by atoms with Crippen LogP contribution in [-0.4, -0.2) is 10.1 Å². The Morgan fingerprint density at radius 2 is 2.18 bits per heavy atom. The fourth-order valence-corrected chi connectivity index (χ4v) is 1.61. The van der Waals surface area contributed by atoms with Gasteiger partial charge in [0.05, 0.1) is 0 Å². The SMILES string of the molecule is CC(C)(C)C(O)c1nccs1. The van der Waals surface area contributed by atoms with Crippen molar-refractivity contribution in [1.82, 2.24) is 4.98 Å². The number of rotatable bonds is 1. The third kappa shape index (κ3) is 2.01. The largest absolute Gasteiger partial charge is 0.385 e. The molecule has 1 N–H and O–H groups in total. The molecule has 2 nitrogen and oxygen atoms in total. The fourth-order valence-electron chi connectivity index (χ4n) is 0.740. The molecular formula is C8H13NOS. The Balaban J connectivity index is 2.78. The van der Waals surface area contributed by atoms with Crippen LogP contribution >= 0.6 is 11.3 Å². The Bertz CT molecular complexity index is 212. The zero-order valence-corrected chi connectivity index (χ0v) is 7.85. The highest BCUT2D eigenvalue weighted by Crippen LogP contribution is 2.32. The molecule has 1 rings (SSSR count). The molecule has 0 radical (unpaired) electrons. The van der Waals surface area contributed by atoms with Crippen LogP contribution in [0.4, 0.5) is 0 Å². The van der Waals surface area contributed by atoms with Gasteiger partial charge >= 0.3 is 0 Å². The molecule has 0 saturated carbocycles.